The number of thiazole rings is 1. The molecule has 0 aliphatic rings. The van der Waals surface area contributed by atoms with E-state index in [1.54, 1.807) is 26.4 Å². The Labute approximate surface area is 195 Å². The number of nitrogens with two attached hydrogens (primary N) is 1. The van der Waals surface area contributed by atoms with Crippen LogP contribution in [0.2, 0.25) is 5.02 Å². The van der Waals surface area contributed by atoms with Crippen LogP contribution in [-0.4, -0.2) is 32.3 Å². The van der Waals surface area contributed by atoms with Gasteiger partial charge < -0.3 is 25.3 Å². The van der Waals surface area contributed by atoms with E-state index in [9.17, 15) is 4.79 Å². The van der Waals surface area contributed by atoms with Gasteiger partial charge in [0.2, 0.25) is 5.75 Å². The Kier molecular flexibility index (Phi) is 8.15. The highest BCUT2D eigenvalue weighted by molar-refractivity contribution is 7.13. The van der Waals surface area contributed by atoms with Crippen molar-refractivity contribution in [3.8, 4) is 17.2 Å². The van der Waals surface area contributed by atoms with E-state index in [1.165, 1.54) is 18.4 Å². The molecule has 3 rings (SSSR count). The number of halogens is 1. The fraction of sp³-hybridized carbons (Fsp3) is 0.273. The van der Waals surface area contributed by atoms with Gasteiger partial charge in [0.15, 0.2) is 16.6 Å². The first-order valence-corrected chi connectivity index (χ1v) is 11.0. The highest BCUT2D eigenvalue weighted by Crippen LogP contribution is 2.38. The predicted molar refractivity (Wildman–Crippen MR) is 126 cm³/mol. The molecule has 170 valence electrons. The van der Waals surface area contributed by atoms with Crippen molar-refractivity contribution in [1.29, 1.82) is 0 Å². The molecule has 32 heavy (non-hydrogen) atoms. The molecule has 3 aromatic rings. The van der Waals surface area contributed by atoms with E-state index in [-0.39, 0.29) is 18.6 Å². The molecule has 0 radical (unpaired) electrons. The maximum Gasteiger partial charge on any atom is 0.321 e. The van der Waals surface area contributed by atoms with Gasteiger partial charge in [0.1, 0.15) is 0 Å². The summed E-state index contributed by atoms with van der Waals surface area (Å²) in [6.07, 6.45) is 0.619. The quantitative estimate of drug-likeness (QED) is 0.423. The fourth-order valence-corrected chi connectivity index (χ4v) is 3.95. The number of aromatic nitrogens is 1. The molecule has 0 saturated heterocycles. The summed E-state index contributed by atoms with van der Waals surface area (Å²) in [4.78, 5) is 16.8. The van der Waals surface area contributed by atoms with E-state index in [1.807, 2.05) is 29.6 Å². The molecule has 10 heteroatoms. The van der Waals surface area contributed by atoms with Crippen LogP contribution in [0.5, 0.6) is 17.2 Å². The third-order valence-corrected chi connectivity index (χ3v) is 5.70. The van der Waals surface area contributed by atoms with Crippen LogP contribution in [0.15, 0.2) is 41.8 Å². The largest absolute Gasteiger partial charge is 0.493 e. The van der Waals surface area contributed by atoms with Crippen LogP contribution in [0.25, 0.3) is 0 Å². The van der Waals surface area contributed by atoms with Gasteiger partial charge in [-0.1, -0.05) is 23.7 Å². The minimum atomic E-state index is -0.383. The Balaban J connectivity index is 1.57. The lowest BCUT2D eigenvalue weighted by molar-refractivity contribution is 0.251. The van der Waals surface area contributed by atoms with E-state index < -0.39 is 0 Å². The Morgan fingerprint density at radius 1 is 1.09 bits per heavy atom. The molecular formula is C22H25ClN4O4S. The first kappa shape index (κ1) is 23.6. The highest BCUT2D eigenvalue weighted by atomic mass is 35.5. The van der Waals surface area contributed by atoms with Crippen LogP contribution in [0, 0.1) is 0 Å². The van der Waals surface area contributed by atoms with Gasteiger partial charge in [-0.3, -0.25) is 5.32 Å². The number of methoxy groups -OCH3 is 3. The zero-order chi connectivity index (χ0) is 23.1. The second-order valence-corrected chi connectivity index (χ2v) is 8.15. The van der Waals surface area contributed by atoms with Gasteiger partial charge >= 0.3 is 6.03 Å². The second kappa shape index (κ2) is 11.0. The number of ether oxygens (including phenoxy) is 3. The summed E-state index contributed by atoms with van der Waals surface area (Å²) in [7, 11) is 4.62. The molecule has 0 saturated carbocycles. The summed E-state index contributed by atoms with van der Waals surface area (Å²) in [6.45, 7) is 0.261. The van der Waals surface area contributed by atoms with Crippen molar-refractivity contribution in [2.24, 2.45) is 5.73 Å². The molecule has 4 N–H and O–H groups in total. The van der Waals surface area contributed by atoms with Crippen molar-refractivity contribution in [3.05, 3.63) is 63.6 Å². The zero-order valence-corrected chi connectivity index (χ0v) is 19.5. The molecule has 1 unspecified atom stereocenters. The molecule has 0 bridgehead atoms. The molecule has 0 aliphatic carbocycles. The molecule has 1 heterocycles. The topological polar surface area (TPSA) is 108 Å². The average Bonchev–Trinajstić information content (AvgIpc) is 3.26. The summed E-state index contributed by atoms with van der Waals surface area (Å²) in [5, 5.41) is 8.52. The number of amides is 2. The minimum Gasteiger partial charge on any atom is -0.493 e. The van der Waals surface area contributed by atoms with Crippen molar-refractivity contribution >= 4 is 34.1 Å². The van der Waals surface area contributed by atoms with Crippen molar-refractivity contribution in [3.63, 3.8) is 0 Å². The first-order chi connectivity index (χ1) is 15.4. The number of nitrogens with zero attached hydrogens (tertiary/aromatic N) is 1. The zero-order valence-electron chi connectivity index (χ0n) is 18.0. The van der Waals surface area contributed by atoms with Crippen LogP contribution in [0.3, 0.4) is 0 Å². The molecular weight excluding hydrogens is 452 g/mol. The Morgan fingerprint density at radius 3 is 2.34 bits per heavy atom. The lowest BCUT2D eigenvalue weighted by Crippen LogP contribution is -2.28. The Hall–Kier alpha value is -3.01. The number of rotatable bonds is 9. The van der Waals surface area contributed by atoms with Crippen LogP contribution in [-0.2, 0) is 13.0 Å². The van der Waals surface area contributed by atoms with Crippen LogP contribution >= 0.6 is 22.9 Å². The molecule has 1 aromatic heterocycles. The standard InChI is InChI=1S/C22H25ClN4O4S/c1-29-18-9-14(10-19(30-2)20(18)31-3)11-25-21(28)27-22-26-17(12-32-22)16(24)8-13-4-6-15(23)7-5-13/h4-7,9-10,12,16H,8,11,24H2,1-3H3,(H2,25,26,27,28). The van der Waals surface area contributed by atoms with Crippen molar-refractivity contribution < 1.29 is 19.0 Å². The van der Waals surface area contributed by atoms with Gasteiger partial charge in [-0.2, -0.15) is 0 Å². The summed E-state index contributed by atoms with van der Waals surface area (Å²) in [5.41, 5.74) is 8.84. The summed E-state index contributed by atoms with van der Waals surface area (Å²) >= 11 is 7.24. The van der Waals surface area contributed by atoms with Gasteiger partial charge in [-0.25, -0.2) is 9.78 Å². The van der Waals surface area contributed by atoms with Crippen molar-refractivity contribution in [2.75, 3.05) is 26.6 Å². The van der Waals surface area contributed by atoms with Crippen molar-refractivity contribution in [2.45, 2.75) is 19.0 Å². The SMILES string of the molecule is COc1cc(CNC(=O)Nc2nc(C(N)Cc3ccc(Cl)cc3)cs2)cc(OC)c1OC. The van der Waals surface area contributed by atoms with Gasteiger partial charge in [-0.05, 0) is 41.8 Å². The second-order valence-electron chi connectivity index (χ2n) is 6.86. The normalized spacial score (nSPS) is 11.5. The number of anilines is 1. The van der Waals surface area contributed by atoms with Crippen LogP contribution in [0.1, 0.15) is 22.9 Å². The van der Waals surface area contributed by atoms with Crippen molar-refractivity contribution in [1.82, 2.24) is 10.3 Å². The lowest BCUT2D eigenvalue weighted by atomic mass is 10.1. The number of carbonyl (C=O) groups is 1. The third kappa shape index (κ3) is 6.03. The number of hydrogen-bond donors (Lipinski definition) is 3. The summed E-state index contributed by atoms with van der Waals surface area (Å²) < 4.78 is 16.0. The van der Waals surface area contributed by atoms with E-state index in [0.717, 1.165) is 11.1 Å². The summed E-state index contributed by atoms with van der Waals surface area (Å²) in [5.74, 6) is 1.53. The lowest BCUT2D eigenvalue weighted by Gasteiger charge is -2.14. The van der Waals surface area contributed by atoms with Gasteiger partial charge in [0, 0.05) is 16.9 Å². The number of benzene rings is 2. The average molecular weight is 477 g/mol. The first-order valence-electron chi connectivity index (χ1n) is 9.72. The monoisotopic (exact) mass is 476 g/mol. The van der Waals surface area contributed by atoms with Crippen LogP contribution < -0.4 is 30.6 Å². The van der Waals surface area contributed by atoms with E-state index in [4.69, 9.17) is 31.5 Å². The van der Waals surface area contributed by atoms with Crippen LogP contribution in [0.4, 0.5) is 9.93 Å². The fourth-order valence-electron chi connectivity index (χ4n) is 3.05. The van der Waals surface area contributed by atoms with E-state index in [2.05, 4.69) is 15.6 Å². The van der Waals surface area contributed by atoms with E-state index in [0.29, 0.717) is 39.5 Å². The molecule has 2 amide bonds. The molecule has 0 spiro atoms. The van der Waals surface area contributed by atoms with E-state index >= 15 is 0 Å². The molecule has 2 aromatic carbocycles. The third-order valence-electron chi connectivity index (χ3n) is 4.67. The predicted octanol–water partition coefficient (Wildman–Crippen LogP) is 4.39. The number of carbonyl (C=O) groups excluding carboxylic acids is 1. The Bertz CT molecular complexity index is 1030. The maximum absolute atomic E-state index is 12.3. The summed E-state index contributed by atoms with van der Waals surface area (Å²) in [6, 6.07) is 10.4. The highest BCUT2D eigenvalue weighted by Gasteiger charge is 2.15. The number of hydrogen-bond acceptors (Lipinski definition) is 7. The van der Waals surface area contributed by atoms with Gasteiger partial charge in [0.05, 0.1) is 33.1 Å². The molecule has 0 aliphatic heterocycles. The molecule has 1 atom stereocenters. The number of urea groups is 1. The number of nitrogens with one attached hydrogen (secondary N) is 2. The van der Waals surface area contributed by atoms with Gasteiger partial charge in [-0.15, -0.1) is 11.3 Å². The minimum absolute atomic E-state index is 0.261. The molecule has 8 nitrogen and oxygen atoms in total. The van der Waals surface area contributed by atoms with Gasteiger partial charge in [0.25, 0.3) is 0 Å². The molecule has 0 fully saturated rings. The smallest absolute Gasteiger partial charge is 0.321 e. The maximum atomic E-state index is 12.3. The Morgan fingerprint density at radius 2 is 1.75 bits per heavy atom.